The second kappa shape index (κ2) is 10.0. The average Bonchev–Trinajstić information content (AvgIpc) is 2.67. The maximum atomic E-state index is 12.0. The van der Waals surface area contributed by atoms with Crippen LogP contribution in [0.3, 0.4) is 0 Å². The molecule has 0 spiro atoms. The first kappa shape index (κ1) is 19.3. The molecule has 0 atom stereocenters. The maximum absolute atomic E-state index is 12.0. The first-order chi connectivity index (χ1) is 12.6. The fraction of sp³-hybridized carbons (Fsp3) is 0.263. The normalized spacial score (nSPS) is 10.1. The summed E-state index contributed by atoms with van der Waals surface area (Å²) in [5, 5.41) is 8.22. The highest BCUT2D eigenvalue weighted by Gasteiger charge is 2.07. The quantitative estimate of drug-likeness (QED) is 0.633. The zero-order chi connectivity index (χ0) is 18.8. The molecule has 3 N–H and O–H groups in total. The minimum absolute atomic E-state index is 0.208. The lowest BCUT2D eigenvalue weighted by atomic mass is 10.2. The molecule has 0 saturated carbocycles. The van der Waals surface area contributed by atoms with Crippen molar-refractivity contribution in [2.45, 2.75) is 6.61 Å². The van der Waals surface area contributed by atoms with Crippen LogP contribution in [0.1, 0.15) is 15.9 Å². The molecule has 0 fully saturated rings. The SMILES string of the molecule is COCc1ccccc1NC(=O)NCCNC(=O)c1ccc(OC)cc1. The van der Waals surface area contributed by atoms with Crippen molar-refractivity contribution in [2.24, 2.45) is 0 Å². The number of hydrogen-bond acceptors (Lipinski definition) is 4. The summed E-state index contributed by atoms with van der Waals surface area (Å²) in [7, 11) is 3.17. The van der Waals surface area contributed by atoms with Crippen LogP contribution in [0, 0.1) is 0 Å². The van der Waals surface area contributed by atoms with Gasteiger partial charge in [-0.2, -0.15) is 0 Å². The summed E-state index contributed by atoms with van der Waals surface area (Å²) in [4.78, 5) is 24.0. The molecule has 0 heterocycles. The van der Waals surface area contributed by atoms with Crippen LogP contribution in [0.5, 0.6) is 5.75 Å². The van der Waals surface area contributed by atoms with Gasteiger partial charge in [-0.3, -0.25) is 4.79 Å². The maximum Gasteiger partial charge on any atom is 0.319 e. The van der Waals surface area contributed by atoms with E-state index in [9.17, 15) is 9.59 Å². The van der Waals surface area contributed by atoms with Crippen LogP contribution in [-0.4, -0.2) is 39.2 Å². The Labute approximate surface area is 152 Å². The summed E-state index contributed by atoms with van der Waals surface area (Å²) in [6.45, 7) is 1.03. The third kappa shape index (κ3) is 5.78. The van der Waals surface area contributed by atoms with E-state index >= 15 is 0 Å². The summed E-state index contributed by atoms with van der Waals surface area (Å²) >= 11 is 0. The predicted octanol–water partition coefficient (Wildman–Crippen LogP) is 2.39. The van der Waals surface area contributed by atoms with Crippen LogP contribution in [0.15, 0.2) is 48.5 Å². The molecule has 3 amide bonds. The van der Waals surface area contributed by atoms with E-state index in [-0.39, 0.29) is 11.9 Å². The van der Waals surface area contributed by atoms with Gasteiger partial charge in [0.2, 0.25) is 0 Å². The lowest BCUT2D eigenvalue weighted by Crippen LogP contribution is -2.36. The van der Waals surface area contributed by atoms with Gasteiger partial charge in [-0.15, -0.1) is 0 Å². The van der Waals surface area contributed by atoms with E-state index in [2.05, 4.69) is 16.0 Å². The predicted molar refractivity (Wildman–Crippen MR) is 99.5 cm³/mol. The standard InChI is InChI=1S/C19H23N3O4/c1-25-13-15-5-3-4-6-17(15)22-19(24)21-12-11-20-18(23)14-7-9-16(26-2)10-8-14/h3-10H,11-13H2,1-2H3,(H,20,23)(H2,21,22,24). The van der Waals surface area contributed by atoms with Crippen LogP contribution in [0.4, 0.5) is 10.5 Å². The van der Waals surface area contributed by atoms with Crippen molar-refractivity contribution in [3.63, 3.8) is 0 Å². The van der Waals surface area contributed by atoms with Gasteiger partial charge < -0.3 is 25.4 Å². The molecule has 0 bridgehead atoms. The van der Waals surface area contributed by atoms with Gasteiger partial charge in [0.25, 0.3) is 5.91 Å². The smallest absolute Gasteiger partial charge is 0.319 e. The second-order valence-electron chi connectivity index (χ2n) is 5.46. The molecule has 0 saturated heterocycles. The first-order valence-electron chi connectivity index (χ1n) is 8.18. The van der Waals surface area contributed by atoms with Gasteiger partial charge >= 0.3 is 6.03 Å². The van der Waals surface area contributed by atoms with Gasteiger partial charge in [0.15, 0.2) is 0 Å². The van der Waals surface area contributed by atoms with Crippen LogP contribution < -0.4 is 20.7 Å². The molecule has 0 aliphatic carbocycles. The fourth-order valence-corrected chi connectivity index (χ4v) is 2.29. The Bertz CT molecular complexity index is 732. The highest BCUT2D eigenvalue weighted by atomic mass is 16.5. The van der Waals surface area contributed by atoms with Gasteiger partial charge in [0.1, 0.15) is 5.75 Å². The van der Waals surface area contributed by atoms with Crippen LogP contribution in [-0.2, 0) is 11.3 Å². The van der Waals surface area contributed by atoms with Crippen molar-refractivity contribution in [1.82, 2.24) is 10.6 Å². The summed E-state index contributed by atoms with van der Waals surface area (Å²) < 4.78 is 10.2. The molecule has 2 aromatic rings. The largest absolute Gasteiger partial charge is 0.497 e. The molecule has 26 heavy (non-hydrogen) atoms. The molecular weight excluding hydrogens is 334 g/mol. The van der Waals surface area contributed by atoms with Gasteiger partial charge in [-0.05, 0) is 30.3 Å². The third-order valence-electron chi connectivity index (χ3n) is 3.61. The zero-order valence-electron chi connectivity index (χ0n) is 14.9. The molecule has 7 nitrogen and oxygen atoms in total. The van der Waals surface area contributed by atoms with E-state index in [1.54, 1.807) is 44.6 Å². The van der Waals surface area contributed by atoms with Gasteiger partial charge in [0, 0.05) is 37.0 Å². The van der Waals surface area contributed by atoms with E-state index in [4.69, 9.17) is 9.47 Å². The monoisotopic (exact) mass is 357 g/mol. The number of carbonyl (C=O) groups excluding carboxylic acids is 2. The molecule has 7 heteroatoms. The molecule has 0 aromatic heterocycles. The number of amides is 3. The number of ether oxygens (including phenoxy) is 2. The number of para-hydroxylation sites is 1. The van der Waals surface area contributed by atoms with Gasteiger partial charge in [-0.25, -0.2) is 4.79 Å². The van der Waals surface area contributed by atoms with E-state index in [1.165, 1.54) is 0 Å². The Morgan fingerprint density at radius 3 is 2.31 bits per heavy atom. The van der Waals surface area contributed by atoms with Crippen molar-refractivity contribution in [3.8, 4) is 5.75 Å². The van der Waals surface area contributed by atoms with Gasteiger partial charge in [0.05, 0.1) is 13.7 Å². The van der Waals surface area contributed by atoms with Crippen LogP contribution in [0.2, 0.25) is 0 Å². The number of urea groups is 1. The molecule has 0 radical (unpaired) electrons. The van der Waals surface area contributed by atoms with Gasteiger partial charge in [-0.1, -0.05) is 18.2 Å². The molecule has 0 unspecified atom stereocenters. The molecule has 0 aliphatic heterocycles. The minimum atomic E-state index is -0.341. The topological polar surface area (TPSA) is 88.7 Å². The van der Waals surface area contributed by atoms with Crippen molar-refractivity contribution < 1.29 is 19.1 Å². The van der Waals surface area contributed by atoms with E-state index in [1.807, 2.05) is 18.2 Å². The summed E-state index contributed by atoms with van der Waals surface area (Å²) in [6.07, 6.45) is 0. The molecule has 2 rings (SSSR count). The number of methoxy groups -OCH3 is 2. The van der Waals surface area contributed by atoms with Crippen molar-refractivity contribution in [2.75, 3.05) is 32.6 Å². The molecule has 2 aromatic carbocycles. The lowest BCUT2D eigenvalue weighted by molar-refractivity contribution is 0.0954. The third-order valence-corrected chi connectivity index (χ3v) is 3.61. The lowest BCUT2D eigenvalue weighted by Gasteiger charge is -2.12. The summed E-state index contributed by atoms with van der Waals surface area (Å²) in [5.41, 5.74) is 2.11. The zero-order valence-corrected chi connectivity index (χ0v) is 14.9. The average molecular weight is 357 g/mol. The number of anilines is 1. The second-order valence-corrected chi connectivity index (χ2v) is 5.46. The molecule has 138 valence electrons. The Morgan fingerprint density at radius 2 is 1.62 bits per heavy atom. The number of rotatable bonds is 8. The van der Waals surface area contributed by atoms with E-state index in [0.717, 1.165) is 5.56 Å². The number of hydrogen-bond donors (Lipinski definition) is 3. The Kier molecular flexibility index (Phi) is 7.45. The first-order valence-corrected chi connectivity index (χ1v) is 8.18. The van der Waals surface area contributed by atoms with Crippen LogP contribution >= 0.6 is 0 Å². The summed E-state index contributed by atoms with van der Waals surface area (Å²) in [6, 6.07) is 13.9. The Balaban J connectivity index is 1.73. The molecular formula is C19H23N3O4. The number of nitrogens with one attached hydrogen (secondary N) is 3. The van der Waals surface area contributed by atoms with Crippen LogP contribution in [0.25, 0.3) is 0 Å². The minimum Gasteiger partial charge on any atom is -0.497 e. The fourth-order valence-electron chi connectivity index (χ4n) is 2.29. The van der Waals surface area contributed by atoms with Crippen molar-refractivity contribution >= 4 is 17.6 Å². The Hall–Kier alpha value is -3.06. The van der Waals surface area contributed by atoms with E-state index in [0.29, 0.717) is 36.7 Å². The van der Waals surface area contributed by atoms with Crippen molar-refractivity contribution in [1.29, 1.82) is 0 Å². The van der Waals surface area contributed by atoms with Crippen molar-refractivity contribution in [3.05, 3.63) is 59.7 Å². The highest BCUT2D eigenvalue weighted by molar-refractivity contribution is 5.94. The Morgan fingerprint density at radius 1 is 0.923 bits per heavy atom. The van der Waals surface area contributed by atoms with E-state index < -0.39 is 0 Å². The number of carbonyl (C=O) groups is 2. The number of benzene rings is 2. The summed E-state index contributed by atoms with van der Waals surface area (Å²) in [5.74, 6) is 0.481. The highest BCUT2D eigenvalue weighted by Crippen LogP contribution is 2.15. The molecule has 0 aliphatic rings.